The number of nitro benzene ring substituents is 2. The van der Waals surface area contributed by atoms with Crippen LogP contribution in [-0.4, -0.2) is 38.6 Å². The van der Waals surface area contributed by atoms with E-state index in [-0.39, 0.29) is 19.3 Å². The van der Waals surface area contributed by atoms with Crippen LogP contribution >= 0.6 is 0 Å². The lowest BCUT2D eigenvalue weighted by Gasteiger charge is -2.41. The van der Waals surface area contributed by atoms with E-state index in [0.29, 0.717) is 11.0 Å². The van der Waals surface area contributed by atoms with E-state index in [1.165, 1.54) is 0 Å². The highest BCUT2D eigenvalue weighted by atomic mass is 16.6. The van der Waals surface area contributed by atoms with E-state index < -0.39 is 62.6 Å². The molecule has 1 aromatic rings. The van der Waals surface area contributed by atoms with E-state index >= 15 is 0 Å². The molecule has 0 aromatic heterocycles. The van der Waals surface area contributed by atoms with E-state index in [2.05, 4.69) is 0 Å². The van der Waals surface area contributed by atoms with Crippen LogP contribution in [-0.2, 0) is 19.9 Å². The van der Waals surface area contributed by atoms with E-state index in [4.69, 9.17) is 5.73 Å². The number of amides is 2. The first-order valence-corrected chi connectivity index (χ1v) is 8.28. The number of nitrogens with two attached hydrogens (primary N) is 1. The van der Waals surface area contributed by atoms with Crippen LogP contribution in [0.15, 0.2) is 18.2 Å². The first-order chi connectivity index (χ1) is 13.0. The SMILES string of the molecule is CC(N)CCC(C(=O)[O-])(c1ccc([N+](=O)[O-])cc1[N+](=O)[O-])N1C(=O)CCC1=O. The average molecular weight is 393 g/mol. The predicted molar refractivity (Wildman–Crippen MR) is 90.4 cm³/mol. The number of hydrogen-bond donors (Lipinski definition) is 1. The second-order valence-electron chi connectivity index (χ2n) is 6.50. The number of imide groups is 1. The molecule has 1 fully saturated rings. The van der Waals surface area contributed by atoms with Gasteiger partial charge in [-0.2, -0.15) is 0 Å². The van der Waals surface area contributed by atoms with Gasteiger partial charge in [-0.3, -0.25) is 34.7 Å². The molecule has 0 aliphatic carbocycles. The molecular formula is C16H17N4O8-. The molecule has 28 heavy (non-hydrogen) atoms. The van der Waals surface area contributed by atoms with Crippen LogP contribution in [0.25, 0.3) is 0 Å². The number of likely N-dealkylation sites (tertiary alicyclic amines) is 1. The molecule has 150 valence electrons. The number of carboxylic acids is 1. The van der Waals surface area contributed by atoms with Gasteiger partial charge < -0.3 is 15.6 Å². The summed E-state index contributed by atoms with van der Waals surface area (Å²) < 4.78 is 0. The number of benzene rings is 1. The van der Waals surface area contributed by atoms with Gasteiger partial charge in [-0.15, -0.1) is 0 Å². The van der Waals surface area contributed by atoms with E-state index in [9.17, 15) is 39.7 Å². The zero-order chi connectivity index (χ0) is 21.2. The summed E-state index contributed by atoms with van der Waals surface area (Å²) in [6.07, 6.45) is -0.970. The molecule has 1 heterocycles. The van der Waals surface area contributed by atoms with Gasteiger partial charge in [0, 0.05) is 24.9 Å². The van der Waals surface area contributed by atoms with Crippen molar-refractivity contribution < 1.29 is 29.3 Å². The van der Waals surface area contributed by atoms with Gasteiger partial charge in [-0.25, -0.2) is 0 Å². The van der Waals surface area contributed by atoms with Crippen LogP contribution in [0.1, 0.15) is 38.2 Å². The number of rotatable bonds is 8. The highest BCUT2D eigenvalue weighted by molar-refractivity contribution is 6.06. The quantitative estimate of drug-likeness (QED) is 0.351. The first kappa shape index (κ1) is 20.9. The zero-order valence-corrected chi connectivity index (χ0v) is 14.8. The number of hydrogen-bond acceptors (Lipinski definition) is 9. The molecule has 1 aliphatic rings. The average Bonchev–Trinajstić information content (AvgIpc) is 2.94. The van der Waals surface area contributed by atoms with Crippen LogP contribution in [0.3, 0.4) is 0 Å². The molecule has 2 N–H and O–H groups in total. The van der Waals surface area contributed by atoms with Gasteiger partial charge in [-0.05, 0) is 25.8 Å². The second kappa shape index (κ2) is 7.68. The minimum atomic E-state index is -2.50. The summed E-state index contributed by atoms with van der Waals surface area (Å²) in [4.78, 5) is 58.0. The van der Waals surface area contributed by atoms with E-state index in [1.54, 1.807) is 6.92 Å². The molecule has 0 radical (unpaired) electrons. The largest absolute Gasteiger partial charge is 0.547 e. The van der Waals surface area contributed by atoms with Crippen molar-refractivity contribution in [1.82, 2.24) is 4.90 Å². The summed E-state index contributed by atoms with van der Waals surface area (Å²) in [5.41, 5.74) is 1.08. The maximum atomic E-state index is 12.3. The monoisotopic (exact) mass is 393 g/mol. The van der Waals surface area contributed by atoms with Crippen molar-refractivity contribution in [2.45, 2.75) is 44.2 Å². The Morgan fingerprint density at radius 3 is 2.21 bits per heavy atom. The van der Waals surface area contributed by atoms with Crippen molar-refractivity contribution in [2.24, 2.45) is 5.73 Å². The van der Waals surface area contributed by atoms with Crippen LogP contribution in [0.4, 0.5) is 11.4 Å². The first-order valence-electron chi connectivity index (χ1n) is 8.28. The zero-order valence-electron chi connectivity index (χ0n) is 14.8. The Labute approximate surface area is 158 Å². The molecular weight excluding hydrogens is 376 g/mol. The third-order valence-corrected chi connectivity index (χ3v) is 4.57. The molecule has 1 saturated heterocycles. The molecule has 1 aromatic carbocycles. The molecule has 12 heteroatoms. The summed E-state index contributed by atoms with van der Waals surface area (Å²) in [5.74, 6) is -3.56. The van der Waals surface area contributed by atoms with Crippen molar-refractivity contribution in [1.29, 1.82) is 0 Å². The van der Waals surface area contributed by atoms with Crippen molar-refractivity contribution in [2.75, 3.05) is 0 Å². The fraction of sp³-hybridized carbons (Fsp3) is 0.438. The number of nitrogens with zero attached hydrogens (tertiary/aromatic N) is 3. The number of carboxylic acid groups (broad SMARTS) is 1. The normalized spacial score (nSPS) is 17.3. The fourth-order valence-corrected chi connectivity index (χ4v) is 3.24. The summed E-state index contributed by atoms with van der Waals surface area (Å²) >= 11 is 0. The molecule has 0 saturated carbocycles. The minimum absolute atomic E-state index is 0.0147. The van der Waals surface area contributed by atoms with Crippen LogP contribution < -0.4 is 10.8 Å². The Kier molecular flexibility index (Phi) is 5.73. The van der Waals surface area contributed by atoms with Gasteiger partial charge in [0.15, 0.2) is 0 Å². The lowest BCUT2D eigenvalue weighted by molar-refractivity contribution is -0.395. The van der Waals surface area contributed by atoms with E-state index in [0.717, 1.165) is 12.1 Å². The lowest BCUT2D eigenvalue weighted by atomic mass is 9.81. The van der Waals surface area contributed by atoms with Gasteiger partial charge in [0.05, 0.1) is 27.4 Å². The maximum Gasteiger partial charge on any atom is 0.282 e. The van der Waals surface area contributed by atoms with Gasteiger partial charge in [0.2, 0.25) is 11.8 Å². The topological polar surface area (TPSA) is 190 Å². The highest BCUT2D eigenvalue weighted by Crippen LogP contribution is 2.42. The Balaban J connectivity index is 2.83. The highest BCUT2D eigenvalue weighted by Gasteiger charge is 2.51. The standard InChI is InChI=1S/C16H18N4O8/c1-9(17)6-7-16(15(23)24,18-13(21)4-5-14(18)22)11-3-2-10(19(25)26)8-12(11)20(27)28/h2-3,8-9H,4-7,17H2,1H3,(H,23,24)/p-1. The Bertz CT molecular complexity index is 852. The van der Waals surface area contributed by atoms with Crippen LogP contribution in [0.2, 0.25) is 0 Å². The molecule has 0 spiro atoms. The van der Waals surface area contributed by atoms with Crippen molar-refractivity contribution in [3.8, 4) is 0 Å². The van der Waals surface area contributed by atoms with Gasteiger partial charge >= 0.3 is 0 Å². The van der Waals surface area contributed by atoms with Gasteiger partial charge in [0.25, 0.3) is 11.4 Å². The molecule has 0 bridgehead atoms. The minimum Gasteiger partial charge on any atom is -0.547 e. The van der Waals surface area contributed by atoms with Crippen molar-refractivity contribution >= 4 is 29.2 Å². The van der Waals surface area contributed by atoms with Crippen LogP contribution in [0.5, 0.6) is 0 Å². The summed E-state index contributed by atoms with van der Waals surface area (Å²) in [5, 5.41) is 34.8. The van der Waals surface area contributed by atoms with Gasteiger partial charge in [-0.1, -0.05) is 0 Å². The second-order valence-corrected chi connectivity index (χ2v) is 6.50. The molecule has 2 atom stereocenters. The third-order valence-electron chi connectivity index (χ3n) is 4.57. The number of carbonyl (C=O) groups excluding carboxylic acids is 3. The summed E-state index contributed by atoms with van der Waals surface area (Å²) in [6, 6.07) is 1.77. The smallest absolute Gasteiger partial charge is 0.282 e. The maximum absolute atomic E-state index is 12.3. The van der Waals surface area contributed by atoms with Crippen molar-refractivity contribution in [3.63, 3.8) is 0 Å². The third kappa shape index (κ3) is 3.53. The Morgan fingerprint density at radius 1 is 1.21 bits per heavy atom. The van der Waals surface area contributed by atoms with Crippen molar-refractivity contribution in [3.05, 3.63) is 44.0 Å². The number of non-ortho nitro benzene ring substituents is 1. The van der Waals surface area contributed by atoms with Gasteiger partial charge in [0.1, 0.15) is 5.54 Å². The fourth-order valence-electron chi connectivity index (χ4n) is 3.24. The lowest BCUT2D eigenvalue weighted by Crippen LogP contribution is -2.60. The summed E-state index contributed by atoms with van der Waals surface area (Å²) in [7, 11) is 0. The Morgan fingerprint density at radius 2 is 1.79 bits per heavy atom. The molecule has 12 nitrogen and oxygen atoms in total. The molecule has 2 rings (SSSR count). The molecule has 1 aliphatic heterocycles. The van der Waals surface area contributed by atoms with Crippen LogP contribution in [0, 0.1) is 20.2 Å². The number of aliphatic carboxylic acids is 1. The molecule has 2 amide bonds. The molecule has 2 unspecified atom stereocenters. The number of carbonyl (C=O) groups is 3. The van der Waals surface area contributed by atoms with E-state index in [1.807, 2.05) is 0 Å². The Hall–Kier alpha value is -3.41. The predicted octanol–water partition coefficient (Wildman–Crippen LogP) is -0.275. The number of nitro groups is 2. The summed E-state index contributed by atoms with van der Waals surface area (Å²) in [6.45, 7) is 1.55.